The monoisotopic (exact) mass is 713 g/mol. The van der Waals surface area contributed by atoms with E-state index in [0.29, 0.717) is 0 Å². The van der Waals surface area contributed by atoms with Gasteiger partial charge in [-0.05, 0) is 109 Å². The lowest BCUT2D eigenvalue weighted by Crippen LogP contribution is -2.11. The average molecular weight is 714 g/mol. The molecule has 2 heteroatoms. The fourth-order valence-corrected chi connectivity index (χ4v) is 8.47. The van der Waals surface area contributed by atoms with Crippen molar-refractivity contribution < 1.29 is 4.42 Å². The van der Waals surface area contributed by atoms with Crippen LogP contribution in [0, 0.1) is 0 Å². The molecule has 0 N–H and O–H groups in total. The van der Waals surface area contributed by atoms with Crippen molar-refractivity contribution in [1.82, 2.24) is 0 Å². The molecule has 0 aliphatic carbocycles. The second-order valence-corrected chi connectivity index (χ2v) is 14.5. The van der Waals surface area contributed by atoms with Crippen molar-refractivity contribution in [3.8, 4) is 33.4 Å². The number of benzene rings is 10. The molecule has 2 nitrogen and oxygen atoms in total. The summed E-state index contributed by atoms with van der Waals surface area (Å²) in [6, 6.07) is 76.5. The zero-order valence-corrected chi connectivity index (χ0v) is 30.6. The lowest BCUT2D eigenvalue weighted by atomic mass is 9.95. The van der Waals surface area contributed by atoms with Crippen LogP contribution in [0.4, 0.5) is 17.1 Å². The van der Waals surface area contributed by atoms with E-state index in [1.54, 1.807) is 0 Å². The first-order valence-electron chi connectivity index (χ1n) is 19.2. The molecule has 0 amide bonds. The van der Waals surface area contributed by atoms with Crippen LogP contribution in [0.25, 0.3) is 87.6 Å². The highest BCUT2D eigenvalue weighted by molar-refractivity contribution is 6.14. The average Bonchev–Trinajstić information content (AvgIpc) is 3.66. The quantitative estimate of drug-likeness (QED) is 0.160. The van der Waals surface area contributed by atoms with E-state index in [1.807, 2.05) is 6.07 Å². The Morgan fingerprint density at radius 2 is 0.839 bits per heavy atom. The first kappa shape index (κ1) is 32.0. The third kappa shape index (κ3) is 5.42. The van der Waals surface area contributed by atoms with Crippen molar-refractivity contribution in [3.63, 3.8) is 0 Å². The van der Waals surface area contributed by atoms with Gasteiger partial charge < -0.3 is 9.32 Å². The van der Waals surface area contributed by atoms with Crippen molar-refractivity contribution in [1.29, 1.82) is 0 Å². The van der Waals surface area contributed by atoms with Gasteiger partial charge in [0.2, 0.25) is 0 Å². The molecule has 0 bridgehead atoms. The van der Waals surface area contributed by atoms with E-state index in [1.165, 1.54) is 60.1 Å². The molecule has 0 aliphatic heterocycles. The van der Waals surface area contributed by atoms with Crippen LogP contribution in [0.1, 0.15) is 0 Å². The van der Waals surface area contributed by atoms with Crippen molar-refractivity contribution in [2.24, 2.45) is 0 Å². The molecule has 0 fully saturated rings. The van der Waals surface area contributed by atoms with Crippen molar-refractivity contribution in [2.75, 3.05) is 4.90 Å². The standard InChI is InChI=1S/C54H35NO/c1-2-12-41-34-42(26-24-36(41)10-1)39-22-20-37(21-23-39)38-28-31-45(32-29-38)55(51-17-9-19-53-54(51)49-15-6-8-18-52(49)56-53)50-16-7-5-14-48(50)44-30-33-47-43(35-44)27-25-40-11-3-4-13-46(40)47/h1-35H. The molecule has 56 heavy (non-hydrogen) atoms. The second-order valence-electron chi connectivity index (χ2n) is 14.5. The lowest BCUT2D eigenvalue weighted by Gasteiger charge is -2.28. The van der Waals surface area contributed by atoms with Crippen LogP contribution in [-0.4, -0.2) is 0 Å². The maximum atomic E-state index is 6.43. The van der Waals surface area contributed by atoms with Crippen LogP contribution in [0.5, 0.6) is 0 Å². The summed E-state index contributed by atoms with van der Waals surface area (Å²) in [5, 5.41) is 9.71. The number of fused-ring (bicyclic) bond motifs is 7. The number of para-hydroxylation sites is 2. The maximum Gasteiger partial charge on any atom is 0.137 e. The lowest BCUT2D eigenvalue weighted by molar-refractivity contribution is 0.669. The van der Waals surface area contributed by atoms with Crippen molar-refractivity contribution >= 4 is 71.3 Å². The first-order chi connectivity index (χ1) is 27.7. The van der Waals surface area contributed by atoms with E-state index in [9.17, 15) is 0 Å². The van der Waals surface area contributed by atoms with Gasteiger partial charge in [0.15, 0.2) is 0 Å². The second kappa shape index (κ2) is 13.2. The molecule has 0 aliphatic rings. The Hall–Kier alpha value is -7.42. The zero-order chi connectivity index (χ0) is 37.0. The molecule has 0 saturated heterocycles. The topological polar surface area (TPSA) is 16.4 Å². The molecule has 1 heterocycles. The molecule has 262 valence electrons. The summed E-state index contributed by atoms with van der Waals surface area (Å²) in [5.74, 6) is 0. The molecular weight excluding hydrogens is 679 g/mol. The van der Waals surface area contributed by atoms with Gasteiger partial charge in [0.25, 0.3) is 0 Å². The van der Waals surface area contributed by atoms with Gasteiger partial charge in [0, 0.05) is 16.6 Å². The summed E-state index contributed by atoms with van der Waals surface area (Å²) in [7, 11) is 0. The molecule has 11 rings (SSSR count). The molecule has 10 aromatic carbocycles. The number of hydrogen-bond donors (Lipinski definition) is 0. The fourth-order valence-electron chi connectivity index (χ4n) is 8.47. The highest BCUT2D eigenvalue weighted by Crippen LogP contribution is 2.46. The molecular formula is C54H35NO. The number of rotatable bonds is 6. The van der Waals surface area contributed by atoms with Crippen LogP contribution in [0.15, 0.2) is 217 Å². The van der Waals surface area contributed by atoms with Gasteiger partial charge in [-0.3, -0.25) is 0 Å². The molecule has 1 aromatic heterocycles. The van der Waals surface area contributed by atoms with Crippen LogP contribution >= 0.6 is 0 Å². The predicted molar refractivity (Wildman–Crippen MR) is 237 cm³/mol. The third-order valence-corrected chi connectivity index (χ3v) is 11.2. The SMILES string of the molecule is c1ccc(N(c2ccc(-c3ccc(-c4ccc5ccccc5c4)cc3)cc2)c2cccc3oc4ccccc4c23)c(-c2ccc3c(ccc4ccccc43)c2)c1. The predicted octanol–water partition coefficient (Wildman–Crippen LogP) is 15.5. The summed E-state index contributed by atoms with van der Waals surface area (Å²) >= 11 is 0. The number of furan rings is 1. The van der Waals surface area contributed by atoms with Crippen LogP contribution in [0.3, 0.4) is 0 Å². The van der Waals surface area contributed by atoms with Gasteiger partial charge in [-0.2, -0.15) is 0 Å². The first-order valence-corrected chi connectivity index (χ1v) is 19.2. The molecule has 0 spiro atoms. The summed E-state index contributed by atoms with van der Waals surface area (Å²) < 4.78 is 6.43. The molecule has 0 radical (unpaired) electrons. The normalized spacial score (nSPS) is 11.6. The summed E-state index contributed by atoms with van der Waals surface area (Å²) in [5.41, 5.74) is 12.1. The van der Waals surface area contributed by atoms with Gasteiger partial charge >= 0.3 is 0 Å². The summed E-state index contributed by atoms with van der Waals surface area (Å²) in [6.07, 6.45) is 0. The Morgan fingerprint density at radius 1 is 0.304 bits per heavy atom. The fraction of sp³-hybridized carbons (Fsp3) is 0. The Morgan fingerprint density at radius 3 is 1.68 bits per heavy atom. The van der Waals surface area contributed by atoms with E-state index in [4.69, 9.17) is 4.42 Å². The Balaban J connectivity index is 1.03. The zero-order valence-electron chi connectivity index (χ0n) is 30.6. The Bertz CT molecular complexity index is 3250. The summed E-state index contributed by atoms with van der Waals surface area (Å²) in [6.45, 7) is 0. The number of nitrogens with zero attached hydrogens (tertiary/aromatic N) is 1. The van der Waals surface area contributed by atoms with E-state index in [0.717, 1.165) is 44.6 Å². The highest BCUT2D eigenvalue weighted by Gasteiger charge is 2.22. The van der Waals surface area contributed by atoms with Gasteiger partial charge in [-0.15, -0.1) is 0 Å². The molecule has 0 saturated carbocycles. The van der Waals surface area contributed by atoms with Crippen LogP contribution in [0.2, 0.25) is 0 Å². The number of anilines is 3. The van der Waals surface area contributed by atoms with Gasteiger partial charge in [-0.1, -0.05) is 164 Å². The molecule has 0 unspecified atom stereocenters. The maximum absolute atomic E-state index is 6.43. The van der Waals surface area contributed by atoms with E-state index in [-0.39, 0.29) is 0 Å². The molecule has 11 aromatic rings. The van der Waals surface area contributed by atoms with Crippen molar-refractivity contribution in [2.45, 2.75) is 0 Å². The van der Waals surface area contributed by atoms with E-state index in [2.05, 4.69) is 211 Å². The number of hydrogen-bond acceptors (Lipinski definition) is 2. The highest BCUT2D eigenvalue weighted by atomic mass is 16.3. The third-order valence-electron chi connectivity index (χ3n) is 11.2. The van der Waals surface area contributed by atoms with Gasteiger partial charge in [-0.25, -0.2) is 0 Å². The molecule has 0 atom stereocenters. The van der Waals surface area contributed by atoms with E-state index >= 15 is 0 Å². The Labute approximate surface area is 325 Å². The van der Waals surface area contributed by atoms with E-state index < -0.39 is 0 Å². The van der Waals surface area contributed by atoms with Gasteiger partial charge in [0.05, 0.1) is 16.8 Å². The van der Waals surface area contributed by atoms with Crippen molar-refractivity contribution in [3.05, 3.63) is 212 Å². The minimum Gasteiger partial charge on any atom is -0.456 e. The van der Waals surface area contributed by atoms with Gasteiger partial charge in [0.1, 0.15) is 11.2 Å². The smallest absolute Gasteiger partial charge is 0.137 e. The Kier molecular flexibility index (Phi) is 7.53. The largest absolute Gasteiger partial charge is 0.456 e. The van der Waals surface area contributed by atoms with Crippen LogP contribution in [-0.2, 0) is 0 Å². The minimum absolute atomic E-state index is 0.867. The minimum atomic E-state index is 0.867. The van der Waals surface area contributed by atoms with Crippen LogP contribution < -0.4 is 4.90 Å². The summed E-state index contributed by atoms with van der Waals surface area (Å²) in [4.78, 5) is 2.40.